The van der Waals surface area contributed by atoms with E-state index in [-0.39, 0.29) is 16.1 Å². The van der Waals surface area contributed by atoms with E-state index in [0.29, 0.717) is 6.42 Å². The fourth-order valence-corrected chi connectivity index (χ4v) is 3.72. The van der Waals surface area contributed by atoms with Gasteiger partial charge in [-0.15, -0.1) is 0 Å². The third kappa shape index (κ3) is 8.53. The van der Waals surface area contributed by atoms with Gasteiger partial charge in [0.2, 0.25) is 20.6 Å². The maximum atomic E-state index is 11.1. The molecular formula is C14H26O4S2. The van der Waals surface area contributed by atoms with Gasteiger partial charge >= 0.3 is 0 Å². The van der Waals surface area contributed by atoms with Crippen LogP contribution in [-0.4, -0.2) is 26.6 Å². The van der Waals surface area contributed by atoms with Gasteiger partial charge in [-0.1, -0.05) is 58.8 Å². The van der Waals surface area contributed by atoms with Crippen molar-refractivity contribution in [3.05, 3.63) is 0 Å². The van der Waals surface area contributed by atoms with Crippen molar-refractivity contribution < 1.29 is 16.8 Å². The number of rotatable bonds is 11. The summed E-state index contributed by atoms with van der Waals surface area (Å²) in [5, 5.41) is 0. The fourth-order valence-electron chi connectivity index (χ4n) is 2.14. The Labute approximate surface area is 125 Å². The SMILES string of the molecule is CCCCCCCCCCC(C(CC)=S(=O)=O)=S(=O)=O. The van der Waals surface area contributed by atoms with Crippen molar-refractivity contribution in [2.24, 2.45) is 0 Å². The highest BCUT2D eigenvalue weighted by Gasteiger charge is 2.10. The molecule has 0 unspecified atom stereocenters. The van der Waals surface area contributed by atoms with Crippen LogP contribution in [0.15, 0.2) is 0 Å². The largest absolute Gasteiger partial charge is 0.218 e. The first kappa shape index (κ1) is 19.4. The van der Waals surface area contributed by atoms with Gasteiger partial charge in [-0.05, 0) is 19.3 Å². The molecule has 0 heterocycles. The molecule has 0 saturated carbocycles. The van der Waals surface area contributed by atoms with Gasteiger partial charge in [0.15, 0.2) is 0 Å². The van der Waals surface area contributed by atoms with Crippen LogP contribution >= 0.6 is 0 Å². The van der Waals surface area contributed by atoms with E-state index in [9.17, 15) is 16.8 Å². The predicted octanol–water partition coefficient (Wildman–Crippen LogP) is 3.03. The molecule has 20 heavy (non-hydrogen) atoms. The van der Waals surface area contributed by atoms with Crippen molar-refractivity contribution in [1.29, 1.82) is 0 Å². The molecule has 0 radical (unpaired) electrons. The smallest absolute Gasteiger partial charge is 0.184 e. The van der Waals surface area contributed by atoms with Gasteiger partial charge in [0.05, 0.1) is 9.73 Å². The average Bonchev–Trinajstić information content (AvgIpc) is 2.39. The molecule has 0 aromatic heterocycles. The second-order valence-electron chi connectivity index (χ2n) is 4.89. The first-order valence-corrected chi connectivity index (χ1v) is 9.60. The minimum absolute atomic E-state index is 0.0290. The molecule has 0 bridgehead atoms. The van der Waals surface area contributed by atoms with Crippen LogP contribution in [0.1, 0.15) is 78.1 Å². The Morgan fingerprint density at radius 2 is 1.10 bits per heavy atom. The van der Waals surface area contributed by atoms with E-state index >= 15 is 0 Å². The molecule has 118 valence electrons. The number of unbranched alkanes of at least 4 members (excludes halogenated alkanes) is 7. The van der Waals surface area contributed by atoms with Crippen LogP contribution in [-0.2, 0) is 20.6 Å². The molecular weight excluding hydrogens is 296 g/mol. The Bertz CT molecular complexity index is 512. The van der Waals surface area contributed by atoms with E-state index in [1.165, 1.54) is 32.1 Å². The Hall–Kier alpha value is -0.620. The molecule has 0 aliphatic rings. The Morgan fingerprint density at radius 1 is 0.650 bits per heavy atom. The molecule has 0 atom stereocenters. The van der Waals surface area contributed by atoms with Gasteiger partial charge in [-0.25, -0.2) is 0 Å². The zero-order chi connectivity index (χ0) is 15.4. The average molecular weight is 322 g/mol. The normalized spacial score (nSPS) is 10.3. The zero-order valence-corrected chi connectivity index (χ0v) is 14.2. The van der Waals surface area contributed by atoms with Crippen molar-refractivity contribution in [2.75, 3.05) is 0 Å². The highest BCUT2D eigenvalue weighted by Crippen LogP contribution is 2.10. The summed E-state index contributed by atoms with van der Waals surface area (Å²) in [6, 6.07) is 0. The summed E-state index contributed by atoms with van der Waals surface area (Å²) in [5.41, 5.74) is 0. The van der Waals surface area contributed by atoms with E-state index in [1.807, 2.05) is 0 Å². The molecule has 0 saturated heterocycles. The summed E-state index contributed by atoms with van der Waals surface area (Å²) in [6.45, 7) is 3.84. The standard InChI is InChI=1S/C14H26O4S2/c1-3-5-6-7-8-9-10-11-12-14(20(17)18)13(4-2)19(15)16/h3-12H2,1-2H3. The third-order valence-corrected chi connectivity index (χ3v) is 5.21. The summed E-state index contributed by atoms with van der Waals surface area (Å²) in [5.74, 6) is 0. The van der Waals surface area contributed by atoms with E-state index in [1.54, 1.807) is 6.92 Å². The first-order valence-electron chi connectivity index (χ1n) is 7.45. The summed E-state index contributed by atoms with van der Waals surface area (Å²) < 4.78 is 44.2. The van der Waals surface area contributed by atoms with Crippen LogP contribution in [0, 0.1) is 0 Å². The van der Waals surface area contributed by atoms with Crippen LogP contribution in [0.2, 0.25) is 0 Å². The molecule has 0 aliphatic carbocycles. The Balaban J connectivity index is 4.16. The van der Waals surface area contributed by atoms with Gasteiger partial charge in [-0.3, -0.25) is 0 Å². The quantitative estimate of drug-likeness (QED) is 0.433. The summed E-state index contributed by atoms with van der Waals surface area (Å²) >= 11 is 0. The van der Waals surface area contributed by atoms with Crippen LogP contribution in [0.25, 0.3) is 0 Å². The van der Waals surface area contributed by atoms with E-state index < -0.39 is 20.6 Å². The van der Waals surface area contributed by atoms with Crippen molar-refractivity contribution >= 4 is 30.3 Å². The molecule has 6 heteroatoms. The summed E-state index contributed by atoms with van der Waals surface area (Å²) in [7, 11) is -4.86. The van der Waals surface area contributed by atoms with Gasteiger partial charge in [0.25, 0.3) is 0 Å². The van der Waals surface area contributed by atoms with E-state index in [0.717, 1.165) is 19.3 Å². The molecule has 0 N–H and O–H groups in total. The van der Waals surface area contributed by atoms with Crippen LogP contribution in [0.5, 0.6) is 0 Å². The van der Waals surface area contributed by atoms with E-state index in [4.69, 9.17) is 0 Å². The molecule has 0 aromatic rings. The minimum atomic E-state index is -2.43. The number of hydrogen-bond donors (Lipinski definition) is 0. The predicted molar refractivity (Wildman–Crippen MR) is 85.4 cm³/mol. The summed E-state index contributed by atoms with van der Waals surface area (Å²) in [6.07, 6.45) is 9.52. The second kappa shape index (κ2) is 12.1. The van der Waals surface area contributed by atoms with Gasteiger partial charge in [0, 0.05) is 0 Å². The zero-order valence-electron chi connectivity index (χ0n) is 12.5. The molecule has 0 spiro atoms. The molecule has 0 aromatic carbocycles. The molecule has 4 nitrogen and oxygen atoms in total. The second-order valence-corrected chi connectivity index (χ2v) is 6.82. The first-order chi connectivity index (χ1) is 9.54. The lowest BCUT2D eigenvalue weighted by molar-refractivity contribution is 0.580. The van der Waals surface area contributed by atoms with Crippen LogP contribution < -0.4 is 0 Å². The highest BCUT2D eigenvalue weighted by atomic mass is 32.2. The van der Waals surface area contributed by atoms with E-state index in [2.05, 4.69) is 6.92 Å². The lowest BCUT2D eigenvalue weighted by Crippen LogP contribution is -2.15. The third-order valence-electron chi connectivity index (χ3n) is 3.29. The highest BCUT2D eigenvalue weighted by molar-refractivity contribution is 7.82. The van der Waals surface area contributed by atoms with Crippen molar-refractivity contribution in [2.45, 2.75) is 78.1 Å². The van der Waals surface area contributed by atoms with Crippen LogP contribution in [0.4, 0.5) is 0 Å². The van der Waals surface area contributed by atoms with Gasteiger partial charge < -0.3 is 0 Å². The minimum Gasteiger partial charge on any atom is -0.184 e. The Kier molecular flexibility index (Phi) is 11.8. The maximum absolute atomic E-state index is 11.1. The monoisotopic (exact) mass is 322 g/mol. The molecule has 0 rings (SSSR count). The fraction of sp³-hybridized carbons (Fsp3) is 0.857. The number of hydrogen-bond acceptors (Lipinski definition) is 4. The molecule has 0 aliphatic heterocycles. The van der Waals surface area contributed by atoms with Crippen molar-refractivity contribution in [3.8, 4) is 0 Å². The maximum Gasteiger partial charge on any atom is 0.218 e. The molecule has 0 fully saturated rings. The van der Waals surface area contributed by atoms with Crippen molar-refractivity contribution in [1.82, 2.24) is 0 Å². The van der Waals surface area contributed by atoms with Crippen LogP contribution in [0.3, 0.4) is 0 Å². The summed E-state index contributed by atoms with van der Waals surface area (Å²) in [4.78, 5) is 0.0908. The lowest BCUT2D eigenvalue weighted by atomic mass is 10.1. The van der Waals surface area contributed by atoms with Gasteiger partial charge in [0.1, 0.15) is 0 Å². The van der Waals surface area contributed by atoms with Gasteiger partial charge in [-0.2, -0.15) is 16.8 Å². The lowest BCUT2D eigenvalue weighted by Gasteiger charge is -2.03. The topological polar surface area (TPSA) is 68.3 Å². The van der Waals surface area contributed by atoms with Crippen molar-refractivity contribution in [3.63, 3.8) is 0 Å². The molecule has 0 amide bonds. The Morgan fingerprint density at radius 3 is 1.50 bits per heavy atom.